The summed E-state index contributed by atoms with van der Waals surface area (Å²) in [6.07, 6.45) is 23.2. The Hall–Kier alpha value is -2.77. The number of Topliss-reactive ketones (excluding diaryl/α,β-unsaturated/α-hetero) is 2. The molecule has 0 N–H and O–H groups in total. The zero-order valence-corrected chi connectivity index (χ0v) is 31.0. The minimum absolute atomic E-state index is 0.00562. The first-order valence-electron chi connectivity index (χ1n) is 19.1. The minimum atomic E-state index is -1.24. The van der Waals surface area contributed by atoms with E-state index in [0.717, 1.165) is 57.8 Å². The van der Waals surface area contributed by atoms with Crippen LogP contribution in [-0.2, 0) is 38.2 Å². The van der Waals surface area contributed by atoms with Crippen LogP contribution in [0.1, 0.15) is 182 Å². The van der Waals surface area contributed by atoms with E-state index in [9.17, 15) is 24.0 Å². The van der Waals surface area contributed by atoms with Crippen molar-refractivity contribution in [3.05, 3.63) is 22.3 Å². The molecule has 274 valence electrons. The van der Waals surface area contributed by atoms with Crippen LogP contribution in [0.25, 0.3) is 0 Å². The number of esters is 3. The van der Waals surface area contributed by atoms with E-state index in [1.165, 1.54) is 71.1 Å². The number of carbonyl (C=O) groups excluding carboxylic acids is 5. The molecule has 1 atom stereocenters. The van der Waals surface area contributed by atoms with Crippen molar-refractivity contribution in [1.82, 2.24) is 0 Å². The van der Waals surface area contributed by atoms with Gasteiger partial charge in [-0.05, 0) is 46.5 Å². The molecule has 0 amide bonds. The van der Waals surface area contributed by atoms with Crippen LogP contribution in [0.2, 0.25) is 0 Å². The van der Waals surface area contributed by atoms with Gasteiger partial charge in [0.2, 0.25) is 6.10 Å². The summed E-state index contributed by atoms with van der Waals surface area (Å²) in [6, 6.07) is 0. The number of hydrogen-bond acceptors (Lipinski definition) is 8. The van der Waals surface area contributed by atoms with Gasteiger partial charge in [-0.15, -0.1) is 0 Å². The number of allylic oxidation sites excluding steroid dienone is 4. The second kappa shape index (κ2) is 27.1. The van der Waals surface area contributed by atoms with Crippen molar-refractivity contribution in [3.63, 3.8) is 0 Å². The third-order valence-electron chi connectivity index (χ3n) is 9.34. The lowest BCUT2D eigenvalue weighted by Crippen LogP contribution is -2.34. The Morgan fingerprint density at radius 2 is 1.02 bits per heavy atom. The first-order chi connectivity index (χ1) is 23.1. The highest BCUT2D eigenvalue weighted by Gasteiger charge is 2.27. The van der Waals surface area contributed by atoms with Crippen LogP contribution in [0.3, 0.4) is 0 Å². The van der Waals surface area contributed by atoms with Gasteiger partial charge >= 0.3 is 17.9 Å². The van der Waals surface area contributed by atoms with E-state index in [1.54, 1.807) is 20.8 Å². The molecule has 0 aromatic rings. The van der Waals surface area contributed by atoms with Crippen LogP contribution < -0.4 is 0 Å². The maximum Gasteiger partial charge on any atom is 0.351 e. The van der Waals surface area contributed by atoms with Gasteiger partial charge in [0.15, 0.2) is 11.6 Å². The molecular weight excluding hydrogens is 608 g/mol. The number of ether oxygens (including phenoxy) is 3. The highest BCUT2D eigenvalue weighted by atomic mass is 16.6. The van der Waals surface area contributed by atoms with E-state index in [-0.39, 0.29) is 31.2 Å². The van der Waals surface area contributed by atoms with Gasteiger partial charge in [-0.3, -0.25) is 19.2 Å². The third-order valence-corrected chi connectivity index (χ3v) is 9.34. The van der Waals surface area contributed by atoms with Gasteiger partial charge in [-0.25, -0.2) is 4.79 Å². The highest BCUT2D eigenvalue weighted by Crippen LogP contribution is 2.27. The molecule has 0 bridgehead atoms. The topological polar surface area (TPSA) is 113 Å². The molecule has 1 rings (SSSR count). The standard InChI is InChI=1S/C40H66O8/c1-6-7-8-9-10-11-12-13-14-15-19-22-25-28-37(42)48-36(30-47-34(5)41)40(45)46-29-26-23-20-17-16-18-21-24-27-35-33(4)38(43)31(2)32(3)39(35)44/h36H,6-30H2,1-5H3. The van der Waals surface area contributed by atoms with Crippen LogP contribution in [0.4, 0.5) is 0 Å². The normalized spacial score (nSPS) is 14.0. The highest BCUT2D eigenvalue weighted by molar-refractivity contribution is 6.24. The van der Waals surface area contributed by atoms with Crippen LogP contribution >= 0.6 is 0 Å². The van der Waals surface area contributed by atoms with Crippen LogP contribution in [0.5, 0.6) is 0 Å². The molecule has 0 fully saturated rings. The molecule has 0 aliphatic heterocycles. The van der Waals surface area contributed by atoms with Crippen molar-refractivity contribution in [1.29, 1.82) is 0 Å². The molecule has 1 unspecified atom stereocenters. The van der Waals surface area contributed by atoms with E-state index >= 15 is 0 Å². The lowest BCUT2D eigenvalue weighted by molar-refractivity contribution is -0.174. The van der Waals surface area contributed by atoms with Crippen molar-refractivity contribution in [3.8, 4) is 0 Å². The maximum atomic E-state index is 12.6. The Morgan fingerprint density at radius 1 is 0.562 bits per heavy atom. The number of hydrogen-bond donors (Lipinski definition) is 0. The first kappa shape index (κ1) is 43.3. The summed E-state index contributed by atoms with van der Waals surface area (Å²) in [5, 5.41) is 0. The Labute approximate surface area is 291 Å². The van der Waals surface area contributed by atoms with Crippen LogP contribution in [-0.4, -0.2) is 48.8 Å². The molecule has 1 aliphatic rings. The lowest BCUT2D eigenvalue weighted by Gasteiger charge is -2.18. The van der Waals surface area contributed by atoms with Gasteiger partial charge < -0.3 is 14.2 Å². The summed E-state index contributed by atoms with van der Waals surface area (Å²) in [4.78, 5) is 61.1. The number of rotatable bonds is 29. The van der Waals surface area contributed by atoms with Crippen LogP contribution in [0.15, 0.2) is 22.3 Å². The molecule has 8 heteroatoms. The predicted molar refractivity (Wildman–Crippen MR) is 190 cm³/mol. The van der Waals surface area contributed by atoms with Gasteiger partial charge in [0.05, 0.1) is 6.61 Å². The average molecular weight is 675 g/mol. The Morgan fingerprint density at radius 3 is 1.54 bits per heavy atom. The summed E-state index contributed by atoms with van der Waals surface area (Å²) in [7, 11) is 0. The molecule has 0 heterocycles. The SMILES string of the molecule is CCCCCCCCCCCCCCCC(=O)OC(COC(C)=O)C(=O)OCCCCCCCCCCC1=C(C)C(=O)C(C)=C(C)C1=O. The zero-order chi connectivity index (χ0) is 35.6. The van der Waals surface area contributed by atoms with Gasteiger partial charge in [0, 0.05) is 35.6 Å². The van der Waals surface area contributed by atoms with Crippen molar-refractivity contribution in [2.24, 2.45) is 0 Å². The second-order valence-electron chi connectivity index (χ2n) is 13.5. The van der Waals surface area contributed by atoms with E-state index < -0.39 is 24.0 Å². The lowest BCUT2D eigenvalue weighted by atomic mass is 9.84. The molecule has 48 heavy (non-hydrogen) atoms. The van der Waals surface area contributed by atoms with Crippen molar-refractivity contribution in [2.45, 2.75) is 188 Å². The fourth-order valence-electron chi connectivity index (χ4n) is 6.03. The average Bonchev–Trinajstić information content (AvgIpc) is 3.06. The number of ketones is 2. The Balaban J connectivity index is 2.13. The molecule has 0 spiro atoms. The van der Waals surface area contributed by atoms with Gasteiger partial charge in [0.25, 0.3) is 0 Å². The smallest absolute Gasteiger partial charge is 0.351 e. The monoisotopic (exact) mass is 674 g/mol. The fourth-order valence-corrected chi connectivity index (χ4v) is 6.03. The van der Waals surface area contributed by atoms with E-state index in [0.29, 0.717) is 41.6 Å². The Bertz CT molecular complexity index is 1050. The summed E-state index contributed by atoms with van der Waals surface area (Å²) in [5.41, 5.74) is 2.42. The molecule has 0 radical (unpaired) electrons. The summed E-state index contributed by atoms with van der Waals surface area (Å²) < 4.78 is 15.6. The zero-order valence-electron chi connectivity index (χ0n) is 31.0. The Kier molecular flexibility index (Phi) is 24.4. The molecule has 1 aliphatic carbocycles. The van der Waals surface area contributed by atoms with Crippen molar-refractivity contribution >= 4 is 29.5 Å². The molecule has 0 aromatic heterocycles. The quantitative estimate of drug-likeness (QED) is 0.0333. The molecule has 0 aromatic carbocycles. The van der Waals surface area contributed by atoms with Gasteiger partial charge in [0.1, 0.15) is 6.61 Å². The number of carbonyl (C=O) groups is 5. The van der Waals surface area contributed by atoms with Gasteiger partial charge in [-0.1, -0.05) is 122 Å². The maximum absolute atomic E-state index is 12.6. The van der Waals surface area contributed by atoms with E-state index in [4.69, 9.17) is 14.2 Å². The summed E-state index contributed by atoms with van der Waals surface area (Å²) in [6.45, 7) is 8.60. The molecule has 0 saturated carbocycles. The fraction of sp³-hybridized carbons (Fsp3) is 0.775. The summed E-state index contributed by atoms with van der Waals surface area (Å²) in [5.74, 6) is -1.69. The number of unbranched alkanes of at least 4 members (excludes halogenated alkanes) is 19. The molecule has 8 nitrogen and oxygen atoms in total. The predicted octanol–water partition coefficient (Wildman–Crippen LogP) is 9.80. The van der Waals surface area contributed by atoms with E-state index in [1.807, 2.05) is 0 Å². The molecule has 0 saturated heterocycles. The second-order valence-corrected chi connectivity index (χ2v) is 13.5. The van der Waals surface area contributed by atoms with Crippen molar-refractivity contribution < 1.29 is 38.2 Å². The largest absolute Gasteiger partial charge is 0.463 e. The summed E-state index contributed by atoms with van der Waals surface area (Å²) >= 11 is 0. The van der Waals surface area contributed by atoms with Crippen molar-refractivity contribution in [2.75, 3.05) is 13.2 Å². The minimum Gasteiger partial charge on any atom is -0.463 e. The van der Waals surface area contributed by atoms with E-state index in [2.05, 4.69) is 6.92 Å². The third kappa shape index (κ3) is 19.3. The first-order valence-corrected chi connectivity index (χ1v) is 19.1. The van der Waals surface area contributed by atoms with Crippen LogP contribution in [0, 0.1) is 0 Å². The molecular formula is C40H66O8. The van der Waals surface area contributed by atoms with Gasteiger partial charge in [-0.2, -0.15) is 0 Å².